The molecule has 0 saturated carbocycles. The van der Waals surface area contributed by atoms with E-state index in [0.29, 0.717) is 22.2 Å². The van der Waals surface area contributed by atoms with Gasteiger partial charge in [-0.2, -0.15) is 10.2 Å². The van der Waals surface area contributed by atoms with Crippen LogP contribution in [0.25, 0.3) is 0 Å². The van der Waals surface area contributed by atoms with Crippen LogP contribution in [-0.4, -0.2) is 21.9 Å². The Kier molecular flexibility index (Phi) is 6.08. The van der Waals surface area contributed by atoms with E-state index in [0.717, 1.165) is 10.0 Å². The summed E-state index contributed by atoms with van der Waals surface area (Å²) in [6.07, 6.45) is 3.20. The fourth-order valence-electron chi connectivity index (χ4n) is 2.17. The Morgan fingerprint density at radius 2 is 1.96 bits per heavy atom. The molecule has 3 rings (SSSR count). The van der Waals surface area contributed by atoms with Gasteiger partial charge in [-0.05, 0) is 35.9 Å². The Bertz CT molecular complexity index is 954. The standard InChI is InChI=1S/C18H13BrCl2N4O/c19-14-4-1-12(2-5-14)11-25-8-7-17(24-25)18(26)23-22-10-13-3-6-15(20)9-16(13)21/h1-10H,11H2,(H,23,26)/b22-10-. The van der Waals surface area contributed by atoms with Gasteiger partial charge in [0.1, 0.15) is 0 Å². The average molecular weight is 452 g/mol. The van der Waals surface area contributed by atoms with Gasteiger partial charge in [-0.25, -0.2) is 5.43 Å². The van der Waals surface area contributed by atoms with Crippen molar-refractivity contribution in [1.82, 2.24) is 15.2 Å². The van der Waals surface area contributed by atoms with Gasteiger partial charge in [0.25, 0.3) is 5.91 Å². The minimum atomic E-state index is -0.402. The minimum absolute atomic E-state index is 0.279. The zero-order valence-corrected chi connectivity index (χ0v) is 16.5. The number of carbonyl (C=O) groups excluding carboxylic acids is 1. The molecule has 0 spiro atoms. The molecule has 1 amide bonds. The number of aromatic nitrogens is 2. The molecular weight excluding hydrogens is 439 g/mol. The molecule has 0 radical (unpaired) electrons. The van der Waals surface area contributed by atoms with Crippen LogP contribution in [-0.2, 0) is 6.54 Å². The van der Waals surface area contributed by atoms with E-state index in [2.05, 4.69) is 31.6 Å². The van der Waals surface area contributed by atoms with Crippen molar-refractivity contribution in [2.75, 3.05) is 0 Å². The quantitative estimate of drug-likeness (QED) is 0.448. The summed E-state index contributed by atoms with van der Waals surface area (Å²) in [6, 6.07) is 14.6. The summed E-state index contributed by atoms with van der Waals surface area (Å²) in [4.78, 5) is 12.1. The van der Waals surface area contributed by atoms with Crippen molar-refractivity contribution < 1.29 is 4.79 Å². The summed E-state index contributed by atoms with van der Waals surface area (Å²) in [5.41, 5.74) is 4.44. The molecule has 0 aliphatic carbocycles. The second kappa shape index (κ2) is 8.49. The van der Waals surface area contributed by atoms with Crippen molar-refractivity contribution in [3.63, 3.8) is 0 Å². The van der Waals surface area contributed by atoms with Crippen molar-refractivity contribution >= 4 is 51.3 Å². The number of hydrogen-bond donors (Lipinski definition) is 1. The predicted octanol–water partition coefficient (Wildman–Crippen LogP) is 4.76. The Morgan fingerprint density at radius 3 is 2.69 bits per heavy atom. The topological polar surface area (TPSA) is 59.3 Å². The van der Waals surface area contributed by atoms with Crippen LogP contribution in [0.4, 0.5) is 0 Å². The molecule has 2 aromatic carbocycles. The highest BCUT2D eigenvalue weighted by molar-refractivity contribution is 9.10. The molecule has 3 aromatic rings. The maximum Gasteiger partial charge on any atom is 0.291 e. The third-order valence-electron chi connectivity index (χ3n) is 3.46. The highest BCUT2D eigenvalue weighted by Gasteiger charge is 2.09. The van der Waals surface area contributed by atoms with E-state index in [4.69, 9.17) is 23.2 Å². The van der Waals surface area contributed by atoms with E-state index < -0.39 is 5.91 Å². The Morgan fingerprint density at radius 1 is 1.19 bits per heavy atom. The second-order valence-corrected chi connectivity index (χ2v) is 7.15. The maximum atomic E-state index is 12.1. The zero-order valence-electron chi connectivity index (χ0n) is 13.4. The van der Waals surface area contributed by atoms with E-state index in [1.54, 1.807) is 35.1 Å². The lowest BCUT2D eigenvalue weighted by molar-refractivity contribution is 0.0949. The first kappa shape index (κ1) is 18.6. The average Bonchev–Trinajstić information content (AvgIpc) is 3.07. The van der Waals surface area contributed by atoms with Crippen molar-refractivity contribution in [3.05, 3.63) is 86.1 Å². The number of rotatable bonds is 5. The fourth-order valence-corrected chi connectivity index (χ4v) is 2.89. The van der Waals surface area contributed by atoms with Crippen LogP contribution in [0.5, 0.6) is 0 Å². The highest BCUT2D eigenvalue weighted by Crippen LogP contribution is 2.19. The highest BCUT2D eigenvalue weighted by atomic mass is 79.9. The van der Waals surface area contributed by atoms with Crippen LogP contribution in [0.3, 0.4) is 0 Å². The van der Waals surface area contributed by atoms with Crippen LogP contribution in [0.15, 0.2) is 64.3 Å². The summed E-state index contributed by atoms with van der Waals surface area (Å²) in [6.45, 7) is 0.574. The summed E-state index contributed by atoms with van der Waals surface area (Å²) >= 11 is 15.3. The van der Waals surface area contributed by atoms with Crippen LogP contribution < -0.4 is 5.43 Å². The first-order chi connectivity index (χ1) is 12.5. The second-order valence-electron chi connectivity index (χ2n) is 5.39. The van der Waals surface area contributed by atoms with Gasteiger partial charge in [0.2, 0.25) is 0 Å². The van der Waals surface area contributed by atoms with Crippen molar-refractivity contribution in [2.24, 2.45) is 5.10 Å². The summed E-state index contributed by atoms with van der Waals surface area (Å²) in [5.74, 6) is -0.402. The Balaban J connectivity index is 1.61. The smallest absolute Gasteiger partial charge is 0.268 e. The summed E-state index contributed by atoms with van der Waals surface area (Å²) in [5, 5.41) is 9.15. The maximum absolute atomic E-state index is 12.1. The zero-order chi connectivity index (χ0) is 18.5. The van der Waals surface area contributed by atoms with Crippen molar-refractivity contribution in [1.29, 1.82) is 0 Å². The molecule has 0 aliphatic heterocycles. The van der Waals surface area contributed by atoms with Crippen molar-refractivity contribution in [3.8, 4) is 0 Å². The molecule has 0 saturated heterocycles. The number of hydrogen-bond acceptors (Lipinski definition) is 3. The van der Waals surface area contributed by atoms with E-state index >= 15 is 0 Å². The van der Waals surface area contributed by atoms with Crippen LogP contribution in [0.1, 0.15) is 21.6 Å². The SMILES string of the molecule is O=C(N/N=C\c1ccc(Cl)cc1Cl)c1ccn(Cc2ccc(Br)cc2)n1. The van der Waals surface area contributed by atoms with E-state index in [-0.39, 0.29) is 5.69 Å². The van der Waals surface area contributed by atoms with Gasteiger partial charge in [0, 0.05) is 21.3 Å². The lowest BCUT2D eigenvalue weighted by atomic mass is 10.2. The van der Waals surface area contributed by atoms with Crippen molar-refractivity contribution in [2.45, 2.75) is 6.54 Å². The number of nitrogens with one attached hydrogen (secondary N) is 1. The summed E-state index contributed by atoms with van der Waals surface area (Å²) in [7, 11) is 0. The first-order valence-corrected chi connectivity index (χ1v) is 9.12. The van der Waals surface area contributed by atoms with Gasteiger partial charge < -0.3 is 0 Å². The molecule has 8 heteroatoms. The number of benzene rings is 2. The van der Waals surface area contributed by atoms with Gasteiger partial charge in [-0.15, -0.1) is 0 Å². The molecule has 0 aliphatic rings. The van der Waals surface area contributed by atoms with Crippen LogP contribution in [0.2, 0.25) is 10.0 Å². The largest absolute Gasteiger partial charge is 0.291 e. The number of nitrogens with zero attached hydrogens (tertiary/aromatic N) is 3. The minimum Gasteiger partial charge on any atom is -0.268 e. The molecule has 0 fully saturated rings. The molecular formula is C18H13BrCl2N4O. The Hall–Kier alpha value is -2.15. The molecule has 1 aromatic heterocycles. The molecule has 1 N–H and O–H groups in total. The lowest BCUT2D eigenvalue weighted by Crippen LogP contribution is -2.18. The number of amides is 1. The van der Waals surface area contributed by atoms with E-state index in [9.17, 15) is 4.79 Å². The molecule has 26 heavy (non-hydrogen) atoms. The fraction of sp³-hybridized carbons (Fsp3) is 0.0556. The van der Waals surface area contributed by atoms with Crippen LogP contribution >= 0.6 is 39.1 Å². The number of carbonyl (C=O) groups is 1. The van der Waals surface area contributed by atoms with Crippen LogP contribution in [0, 0.1) is 0 Å². The van der Waals surface area contributed by atoms with Gasteiger partial charge >= 0.3 is 0 Å². The van der Waals surface area contributed by atoms with Gasteiger partial charge in [0.15, 0.2) is 5.69 Å². The van der Waals surface area contributed by atoms with Gasteiger partial charge in [0.05, 0.1) is 17.8 Å². The molecule has 132 valence electrons. The third-order valence-corrected chi connectivity index (χ3v) is 4.55. The molecule has 0 atom stereocenters. The first-order valence-electron chi connectivity index (χ1n) is 7.57. The monoisotopic (exact) mass is 450 g/mol. The van der Waals surface area contributed by atoms with Gasteiger partial charge in [-0.1, -0.05) is 57.3 Å². The normalized spacial score (nSPS) is 11.0. The third kappa shape index (κ3) is 4.94. The number of halogens is 3. The lowest BCUT2D eigenvalue weighted by Gasteiger charge is -2.02. The number of hydrazone groups is 1. The van der Waals surface area contributed by atoms with E-state index in [1.807, 2.05) is 24.3 Å². The molecule has 1 heterocycles. The molecule has 0 unspecified atom stereocenters. The van der Waals surface area contributed by atoms with Gasteiger partial charge in [-0.3, -0.25) is 9.48 Å². The Labute approximate surface area is 168 Å². The molecule has 5 nitrogen and oxygen atoms in total. The van der Waals surface area contributed by atoms with E-state index in [1.165, 1.54) is 6.21 Å². The summed E-state index contributed by atoms with van der Waals surface area (Å²) < 4.78 is 2.71. The predicted molar refractivity (Wildman–Crippen MR) is 107 cm³/mol. The molecule has 0 bridgehead atoms.